The molecule has 1 heterocycles. The molecule has 2 N–H and O–H groups in total. The van der Waals surface area contributed by atoms with Crippen molar-refractivity contribution < 1.29 is 10.2 Å². The number of halogens is 1. The molecule has 2 rings (SSSR count). The van der Waals surface area contributed by atoms with Crippen LogP contribution in [0, 0.1) is 5.92 Å². The van der Waals surface area contributed by atoms with Gasteiger partial charge < -0.3 is 10.2 Å². The van der Waals surface area contributed by atoms with Crippen molar-refractivity contribution in [2.75, 3.05) is 0 Å². The van der Waals surface area contributed by atoms with Gasteiger partial charge in [-0.15, -0.1) is 0 Å². The van der Waals surface area contributed by atoms with E-state index >= 15 is 0 Å². The first-order valence-corrected chi connectivity index (χ1v) is 6.01. The average molecular weight is 263 g/mol. The minimum Gasteiger partial charge on any atom is -0.390 e. The molecule has 2 nitrogen and oxygen atoms in total. The Hall–Kier alpha value is 0.1000. The van der Waals surface area contributed by atoms with Gasteiger partial charge in [0.25, 0.3) is 0 Å². The number of hydrogen-bond donors (Lipinski definition) is 2. The van der Waals surface area contributed by atoms with Crippen molar-refractivity contribution in [3.8, 4) is 0 Å². The topological polar surface area (TPSA) is 40.5 Å². The molecule has 0 amide bonds. The van der Waals surface area contributed by atoms with Gasteiger partial charge in [-0.2, -0.15) is 11.3 Å². The standard InChI is InChI=1S/C9H11BrO2S/c10-7-4-13-3-6(7)9(12)8(11)5-1-2-5/h3-5,8-9,11-12H,1-2H2. The molecule has 2 atom stereocenters. The molecule has 0 aliphatic heterocycles. The van der Waals surface area contributed by atoms with E-state index in [1.165, 1.54) is 11.3 Å². The van der Waals surface area contributed by atoms with Gasteiger partial charge in [0.1, 0.15) is 6.10 Å². The minimum atomic E-state index is -0.729. The Morgan fingerprint density at radius 1 is 1.38 bits per heavy atom. The zero-order valence-electron chi connectivity index (χ0n) is 6.98. The van der Waals surface area contributed by atoms with Gasteiger partial charge in [0, 0.05) is 15.4 Å². The largest absolute Gasteiger partial charge is 0.390 e. The highest BCUT2D eigenvalue weighted by molar-refractivity contribution is 9.10. The third-order valence-corrected chi connectivity index (χ3v) is 4.14. The molecule has 1 saturated carbocycles. The molecule has 1 aliphatic carbocycles. The van der Waals surface area contributed by atoms with E-state index in [4.69, 9.17) is 0 Å². The maximum absolute atomic E-state index is 9.80. The Morgan fingerprint density at radius 3 is 2.54 bits per heavy atom. The summed E-state index contributed by atoms with van der Waals surface area (Å²) in [4.78, 5) is 0. The summed E-state index contributed by atoms with van der Waals surface area (Å²) in [5.74, 6) is 0.307. The molecule has 0 radical (unpaired) electrons. The van der Waals surface area contributed by atoms with E-state index in [1.807, 2.05) is 10.8 Å². The summed E-state index contributed by atoms with van der Waals surface area (Å²) in [7, 11) is 0. The van der Waals surface area contributed by atoms with Crippen molar-refractivity contribution in [1.82, 2.24) is 0 Å². The average Bonchev–Trinajstić information content (AvgIpc) is 2.87. The van der Waals surface area contributed by atoms with E-state index in [0.717, 1.165) is 22.9 Å². The van der Waals surface area contributed by atoms with Crippen LogP contribution >= 0.6 is 27.3 Å². The van der Waals surface area contributed by atoms with E-state index in [2.05, 4.69) is 15.9 Å². The van der Waals surface area contributed by atoms with Crippen LogP contribution in [0.1, 0.15) is 24.5 Å². The zero-order valence-corrected chi connectivity index (χ0v) is 9.38. The smallest absolute Gasteiger partial charge is 0.107 e. The molecule has 0 aromatic carbocycles. The van der Waals surface area contributed by atoms with Gasteiger partial charge in [-0.1, -0.05) is 0 Å². The summed E-state index contributed by atoms with van der Waals surface area (Å²) >= 11 is 4.87. The van der Waals surface area contributed by atoms with E-state index in [0.29, 0.717) is 5.92 Å². The first-order chi connectivity index (χ1) is 6.20. The maximum Gasteiger partial charge on any atom is 0.107 e. The lowest BCUT2D eigenvalue weighted by Crippen LogP contribution is -2.19. The Balaban J connectivity index is 2.11. The maximum atomic E-state index is 9.80. The lowest BCUT2D eigenvalue weighted by atomic mass is 10.0. The summed E-state index contributed by atoms with van der Waals surface area (Å²) in [6.07, 6.45) is 0.763. The molecule has 1 aliphatic rings. The third-order valence-electron chi connectivity index (χ3n) is 2.39. The molecule has 0 saturated heterocycles. The highest BCUT2D eigenvalue weighted by atomic mass is 79.9. The molecule has 13 heavy (non-hydrogen) atoms. The molecule has 72 valence electrons. The van der Waals surface area contributed by atoms with E-state index in [-0.39, 0.29) is 0 Å². The molecule has 2 unspecified atom stereocenters. The van der Waals surface area contributed by atoms with Crippen LogP contribution in [0.15, 0.2) is 15.2 Å². The lowest BCUT2D eigenvalue weighted by Gasteiger charge is -2.16. The molecule has 1 aromatic rings. The second-order valence-electron chi connectivity index (χ2n) is 3.45. The Kier molecular flexibility index (Phi) is 2.74. The Bertz CT molecular complexity index is 296. The highest BCUT2D eigenvalue weighted by Crippen LogP contribution is 2.40. The monoisotopic (exact) mass is 262 g/mol. The fourth-order valence-corrected chi connectivity index (χ4v) is 2.94. The van der Waals surface area contributed by atoms with Crippen LogP contribution in [-0.2, 0) is 0 Å². The fourth-order valence-electron chi connectivity index (χ4n) is 1.38. The Labute approximate surface area is 89.3 Å². The molecule has 1 aromatic heterocycles. The van der Waals surface area contributed by atoms with Gasteiger partial charge >= 0.3 is 0 Å². The quantitative estimate of drug-likeness (QED) is 0.878. The second-order valence-corrected chi connectivity index (χ2v) is 5.05. The van der Waals surface area contributed by atoms with Crippen LogP contribution in [0.25, 0.3) is 0 Å². The van der Waals surface area contributed by atoms with Gasteiger partial charge in [-0.25, -0.2) is 0 Å². The number of rotatable bonds is 3. The van der Waals surface area contributed by atoms with Crippen molar-refractivity contribution in [1.29, 1.82) is 0 Å². The van der Waals surface area contributed by atoms with Crippen molar-refractivity contribution in [3.63, 3.8) is 0 Å². The summed E-state index contributed by atoms with van der Waals surface area (Å²) in [6, 6.07) is 0. The third kappa shape index (κ3) is 1.96. The number of hydrogen-bond acceptors (Lipinski definition) is 3. The van der Waals surface area contributed by atoms with Gasteiger partial charge in [-0.05, 0) is 40.1 Å². The van der Waals surface area contributed by atoms with Gasteiger partial charge in [0.2, 0.25) is 0 Å². The number of aliphatic hydroxyl groups is 2. The van der Waals surface area contributed by atoms with Crippen LogP contribution in [0.5, 0.6) is 0 Å². The van der Waals surface area contributed by atoms with Crippen LogP contribution < -0.4 is 0 Å². The summed E-state index contributed by atoms with van der Waals surface area (Å²) in [5, 5.41) is 23.3. The molecule has 1 fully saturated rings. The molecular formula is C9H11BrO2S. The van der Waals surface area contributed by atoms with Crippen molar-refractivity contribution in [2.24, 2.45) is 5.92 Å². The lowest BCUT2D eigenvalue weighted by molar-refractivity contribution is 0.00470. The SMILES string of the molecule is OC(c1cscc1Br)C(O)C1CC1. The van der Waals surface area contributed by atoms with Crippen molar-refractivity contribution >= 4 is 27.3 Å². The van der Waals surface area contributed by atoms with Crippen LogP contribution in [0.3, 0.4) is 0 Å². The number of thiophene rings is 1. The van der Waals surface area contributed by atoms with E-state index < -0.39 is 12.2 Å². The fraction of sp³-hybridized carbons (Fsp3) is 0.556. The molecular weight excluding hydrogens is 252 g/mol. The molecule has 4 heteroatoms. The zero-order chi connectivity index (χ0) is 9.42. The van der Waals surface area contributed by atoms with Gasteiger partial charge in [0.05, 0.1) is 6.10 Å². The van der Waals surface area contributed by atoms with E-state index in [1.54, 1.807) is 0 Å². The summed E-state index contributed by atoms with van der Waals surface area (Å²) in [6.45, 7) is 0. The molecule has 0 spiro atoms. The summed E-state index contributed by atoms with van der Waals surface area (Å²) < 4.78 is 0.893. The summed E-state index contributed by atoms with van der Waals surface area (Å²) in [5.41, 5.74) is 0.810. The van der Waals surface area contributed by atoms with Crippen molar-refractivity contribution in [2.45, 2.75) is 25.0 Å². The van der Waals surface area contributed by atoms with Crippen LogP contribution in [-0.4, -0.2) is 16.3 Å². The van der Waals surface area contributed by atoms with Gasteiger partial charge in [0.15, 0.2) is 0 Å². The normalized spacial score (nSPS) is 21.5. The van der Waals surface area contributed by atoms with Crippen LogP contribution in [0.2, 0.25) is 0 Å². The first kappa shape index (κ1) is 9.65. The van der Waals surface area contributed by atoms with Crippen molar-refractivity contribution in [3.05, 3.63) is 20.8 Å². The second kappa shape index (κ2) is 3.69. The number of aliphatic hydroxyl groups excluding tert-OH is 2. The predicted molar refractivity (Wildman–Crippen MR) is 55.7 cm³/mol. The first-order valence-electron chi connectivity index (χ1n) is 4.28. The minimum absolute atomic E-state index is 0.307. The van der Waals surface area contributed by atoms with E-state index in [9.17, 15) is 10.2 Å². The highest BCUT2D eigenvalue weighted by Gasteiger charge is 2.35. The van der Waals surface area contributed by atoms with Crippen LogP contribution in [0.4, 0.5) is 0 Å². The predicted octanol–water partition coefficient (Wildman–Crippen LogP) is 2.31. The molecule has 0 bridgehead atoms. The van der Waals surface area contributed by atoms with Gasteiger partial charge in [-0.3, -0.25) is 0 Å². The Morgan fingerprint density at radius 2 is 2.08 bits per heavy atom.